The van der Waals surface area contributed by atoms with Gasteiger partial charge in [-0.2, -0.15) is 0 Å². The molecule has 0 fully saturated rings. The first-order valence-corrected chi connectivity index (χ1v) is 5.96. The minimum atomic E-state index is -1.15. The third-order valence-electron chi connectivity index (χ3n) is 3.07. The van der Waals surface area contributed by atoms with Crippen LogP contribution in [-0.2, 0) is 0 Å². The summed E-state index contributed by atoms with van der Waals surface area (Å²) in [6, 6.07) is 7.13. The zero-order chi connectivity index (χ0) is 14.3. The lowest BCUT2D eigenvalue weighted by atomic mass is 10.1. The number of hydrogen-bond donors (Lipinski definition) is 2. The fourth-order valence-corrected chi connectivity index (χ4v) is 2.18. The molecule has 0 atom stereocenters. The van der Waals surface area contributed by atoms with Crippen molar-refractivity contribution in [2.75, 3.05) is 7.11 Å². The number of benzene rings is 1. The summed E-state index contributed by atoms with van der Waals surface area (Å²) in [5.41, 5.74) is 3.07. The summed E-state index contributed by atoms with van der Waals surface area (Å²) in [5, 5.41) is 13.7. The molecule has 102 valence electrons. The van der Waals surface area contributed by atoms with Gasteiger partial charge in [0, 0.05) is 28.2 Å². The lowest BCUT2D eigenvalue weighted by Gasteiger charge is -2.05. The average molecular weight is 272 g/mol. The molecular formula is C14H12N2O4. The van der Waals surface area contributed by atoms with Gasteiger partial charge in [-0.1, -0.05) is 5.16 Å². The highest BCUT2D eigenvalue weighted by molar-refractivity contribution is 5.90. The maximum Gasteiger partial charge on any atom is 0.374 e. The minimum Gasteiger partial charge on any atom is -0.496 e. The topological polar surface area (TPSA) is 88.4 Å². The fourth-order valence-electron chi connectivity index (χ4n) is 2.18. The van der Waals surface area contributed by atoms with Gasteiger partial charge in [0.1, 0.15) is 11.4 Å². The molecular weight excluding hydrogens is 260 g/mol. The molecule has 0 aliphatic heterocycles. The van der Waals surface area contributed by atoms with Gasteiger partial charge < -0.3 is 19.4 Å². The molecule has 0 aliphatic carbocycles. The molecule has 2 aromatic heterocycles. The smallest absolute Gasteiger partial charge is 0.374 e. The van der Waals surface area contributed by atoms with Gasteiger partial charge in [-0.3, -0.25) is 0 Å². The van der Waals surface area contributed by atoms with Gasteiger partial charge in [0.25, 0.3) is 0 Å². The largest absolute Gasteiger partial charge is 0.496 e. The number of carboxylic acids is 1. The number of aromatic nitrogens is 2. The van der Waals surface area contributed by atoms with E-state index >= 15 is 0 Å². The van der Waals surface area contributed by atoms with Gasteiger partial charge in [-0.25, -0.2) is 4.79 Å². The van der Waals surface area contributed by atoms with E-state index in [2.05, 4.69) is 10.1 Å². The summed E-state index contributed by atoms with van der Waals surface area (Å²) >= 11 is 0. The number of fused-ring (bicyclic) bond motifs is 1. The number of ether oxygens (including phenoxy) is 1. The molecule has 6 nitrogen and oxygen atoms in total. The molecule has 3 rings (SSSR count). The lowest BCUT2D eigenvalue weighted by molar-refractivity contribution is 0.0652. The predicted octanol–water partition coefficient (Wildman–Crippen LogP) is 2.84. The average Bonchev–Trinajstić information content (AvgIpc) is 3.01. The summed E-state index contributed by atoms with van der Waals surface area (Å²) < 4.78 is 10.1. The SMILES string of the molecule is COc1cc2cc(C)[nH]c2cc1-c1cc(C(=O)O)on1. The van der Waals surface area contributed by atoms with Crippen molar-refractivity contribution in [3.8, 4) is 17.0 Å². The predicted molar refractivity (Wildman–Crippen MR) is 72.0 cm³/mol. The van der Waals surface area contributed by atoms with Crippen molar-refractivity contribution < 1.29 is 19.2 Å². The van der Waals surface area contributed by atoms with E-state index < -0.39 is 5.97 Å². The van der Waals surface area contributed by atoms with Crippen LogP contribution in [0.3, 0.4) is 0 Å². The first-order valence-electron chi connectivity index (χ1n) is 5.96. The molecule has 2 N–H and O–H groups in total. The van der Waals surface area contributed by atoms with Crippen molar-refractivity contribution in [2.45, 2.75) is 6.92 Å². The van der Waals surface area contributed by atoms with Crippen LogP contribution in [0, 0.1) is 6.92 Å². The zero-order valence-electron chi connectivity index (χ0n) is 10.9. The Kier molecular flexibility index (Phi) is 2.71. The fraction of sp³-hybridized carbons (Fsp3) is 0.143. The molecule has 0 saturated carbocycles. The molecule has 0 bridgehead atoms. The number of hydrogen-bond acceptors (Lipinski definition) is 4. The van der Waals surface area contributed by atoms with Crippen molar-refractivity contribution in [1.82, 2.24) is 10.1 Å². The minimum absolute atomic E-state index is 0.204. The maximum absolute atomic E-state index is 10.8. The molecule has 0 spiro atoms. The molecule has 20 heavy (non-hydrogen) atoms. The van der Waals surface area contributed by atoms with Gasteiger partial charge in [0.05, 0.1) is 7.11 Å². The van der Waals surface area contributed by atoms with Crippen LogP contribution in [0.4, 0.5) is 0 Å². The van der Waals surface area contributed by atoms with Crippen LogP contribution in [-0.4, -0.2) is 28.3 Å². The number of methoxy groups -OCH3 is 1. The van der Waals surface area contributed by atoms with Crippen molar-refractivity contribution in [3.63, 3.8) is 0 Å². The van der Waals surface area contributed by atoms with Gasteiger partial charge in [0.2, 0.25) is 5.76 Å². The molecule has 0 aliphatic rings. The summed E-state index contributed by atoms with van der Waals surface area (Å²) in [4.78, 5) is 14.1. The number of carbonyl (C=O) groups is 1. The lowest BCUT2D eigenvalue weighted by Crippen LogP contribution is -1.92. The monoisotopic (exact) mass is 272 g/mol. The third-order valence-corrected chi connectivity index (χ3v) is 3.07. The van der Waals surface area contributed by atoms with E-state index in [1.165, 1.54) is 6.07 Å². The van der Waals surface area contributed by atoms with Crippen molar-refractivity contribution in [1.29, 1.82) is 0 Å². The van der Waals surface area contributed by atoms with E-state index in [1.807, 2.05) is 25.1 Å². The Morgan fingerprint density at radius 2 is 2.15 bits per heavy atom. The number of aryl methyl sites for hydroxylation is 1. The quantitative estimate of drug-likeness (QED) is 0.765. The van der Waals surface area contributed by atoms with E-state index in [9.17, 15) is 4.79 Å². The Labute approximate surface area is 114 Å². The molecule has 1 aromatic carbocycles. The maximum atomic E-state index is 10.8. The Morgan fingerprint density at radius 3 is 2.80 bits per heavy atom. The summed E-state index contributed by atoms with van der Waals surface area (Å²) in [6.45, 7) is 1.96. The van der Waals surface area contributed by atoms with Gasteiger partial charge >= 0.3 is 5.97 Å². The van der Waals surface area contributed by atoms with Crippen LogP contribution in [0.5, 0.6) is 5.75 Å². The second-order valence-corrected chi connectivity index (χ2v) is 4.47. The number of carboxylic acid groups (broad SMARTS) is 1. The van der Waals surface area contributed by atoms with Crippen LogP contribution in [0.2, 0.25) is 0 Å². The molecule has 3 aromatic rings. The van der Waals surface area contributed by atoms with E-state index in [4.69, 9.17) is 14.4 Å². The Balaban J connectivity index is 2.19. The van der Waals surface area contributed by atoms with Crippen LogP contribution in [0.15, 0.2) is 28.8 Å². The van der Waals surface area contributed by atoms with Crippen molar-refractivity contribution >= 4 is 16.9 Å². The standard InChI is InChI=1S/C14H12N2O4/c1-7-3-8-4-12(19-2)9(5-10(8)15-7)11-6-13(14(17)18)20-16-11/h3-6,15H,1-2H3,(H,17,18). The van der Waals surface area contributed by atoms with Crippen LogP contribution >= 0.6 is 0 Å². The number of nitrogens with one attached hydrogen (secondary N) is 1. The van der Waals surface area contributed by atoms with Crippen molar-refractivity contribution in [2.24, 2.45) is 0 Å². The van der Waals surface area contributed by atoms with E-state index in [1.54, 1.807) is 7.11 Å². The van der Waals surface area contributed by atoms with E-state index in [0.717, 1.165) is 16.6 Å². The zero-order valence-corrected chi connectivity index (χ0v) is 10.9. The highest BCUT2D eigenvalue weighted by Gasteiger charge is 2.16. The molecule has 0 unspecified atom stereocenters. The second-order valence-electron chi connectivity index (χ2n) is 4.47. The van der Waals surface area contributed by atoms with Gasteiger partial charge in [0.15, 0.2) is 0 Å². The Hall–Kier alpha value is -2.76. The van der Waals surface area contributed by atoms with E-state index in [0.29, 0.717) is 17.0 Å². The molecule has 0 amide bonds. The van der Waals surface area contributed by atoms with Crippen molar-refractivity contribution in [3.05, 3.63) is 35.7 Å². The molecule has 0 saturated heterocycles. The Bertz CT molecular complexity index is 801. The number of rotatable bonds is 3. The van der Waals surface area contributed by atoms with Crippen LogP contribution in [0.25, 0.3) is 22.2 Å². The number of aromatic amines is 1. The molecule has 2 heterocycles. The normalized spacial score (nSPS) is 10.9. The summed E-state index contributed by atoms with van der Waals surface area (Å²) in [6.07, 6.45) is 0. The Morgan fingerprint density at radius 1 is 1.35 bits per heavy atom. The highest BCUT2D eigenvalue weighted by Crippen LogP contribution is 2.34. The second kappa shape index (κ2) is 4.41. The molecule has 6 heteroatoms. The summed E-state index contributed by atoms with van der Waals surface area (Å²) in [7, 11) is 1.56. The first-order chi connectivity index (χ1) is 9.58. The number of aromatic carboxylic acids is 1. The van der Waals surface area contributed by atoms with Gasteiger partial charge in [-0.05, 0) is 25.1 Å². The van der Waals surface area contributed by atoms with Crippen LogP contribution < -0.4 is 4.74 Å². The molecule has 0 radical (unpaired) electrons. The first kappa shape index (κ1) is 12.3. The number of nitrogens with zero attached hydrogens (tertiary/aromatic N) is 1. The third kappa shape index (κ3) is 1.91. The number of H-pyrrole nitrogens is 1. The van der Waals surface area contributed by atoms with Crippen LogP contribution in [0.1, 0.15) is 16.2 Å². The highest BCUT2D eigenvalue weighted by atomic mass is 16.5. The van der Waals surface area contributed by atoms with Gasteiger partial charge in [-0.15, -0.1) is 0 Å². The van der Waals surface area contributed by atoms with E-state index in [-0.39, 0.29) is 5.76 Å². The summed E-state index contributed by atoms with van der Waals surface area (Å²) in [5.74, 6) is -0.744.